The summed E-state index contributed by atoms with van der Waals surface area (Å²) in [5, 5.41) is 1.03. The predicted molar refractivity (Wildman–Crippen MR) is 112 cm³/mol. The summed E-state index contributed by atoms with van der Waals surface area (Å²) in [7, 11) is 0. The molecule has 0 radical (unpaired) electrons. The van der Waals surface area contributed by atoms with Crippen molar-refractivity contribution >= 4 is 11.0 Å². The minimum Gasteiger partial charge on any atom is -0.486 e. The minimum atomic E-state index is -0.286. The van der Waals surface area contributed by atoms with Gasteiger partial charge in [-0.25, -0.2) is 4.79 Å². The van der Waals surface area contributed by atoms with Gasteiger partial charge in [0.15, 0.2) is 11.5 Å². The zero-order valence-corrected chi connectivity index (χ0v) is 16.9. The largest absolute Gasteiger partial charge is 0.486 e. The molecule has 2 aliphatic heterocycles. The number of likely N-dealkylation sites (tertiary alicyclic amines) is 1. The van der Waals surface area contributed by atoms with Crippen LogP contribution in [-0.4, -0.2) is 24.7 Å². The Morgan fingerprint density at radius 1 is 1.00 bits per heavy atom. The highest BCUT2D eigenvalue weighted by Crippen LogP contribution is 2.39. The van der Waals surface area contributed by atoms with Crippen LogP contribution in [0.4, 0.5) is 0 Å². The van der Waals surface area contributed by atoms with Crippen LogP contribution in [0.2, 0.25) is 0 Å². The zero-order valence-electron chi connectivity index (χ0n) is 16.9. The summed E-state index contributed by atoms with van der Waals surface area (Å²) >= 11 is 0. The van der Waals surface area contributed by atoms with E-state index in [1.54, 1.807) is 6.07 Å². The molecule has 150 valence electrons. The predicted octanol–water partition coefficient (Wildman–Crippen LogP) is 4.52. The standard InChI is InChI=1S/C24H25NO4/c1-15-10-19-18(13-24(26)29-22(19)11-16(15)2)14-25-7-3-4-20(25)17-5-6-21-23(12-17)28-9-8-27-21/h5-6,10-13,20H,3-4,7-9,14H2,1-2H3/t20-/m0/s1. The van der Waals surface area contributed by atoms with E-state index in [-0.39, 0.29) is 5.63 Å². The molecular weight excluding hydrogens is 366 g/mol. The number of rotatable bonds is 3. The first-order valence-corrected chi connectivity index (χ1v) is 10.3. The van der Waals surface area contributed by atoms with Gasteiger partial charge in [0.05, 0.1) is 0 Å². The van der Waals surface area contributed by atoms with Crippen molar-refractivity contribution in [1.82, 2.24) is 4.90 Å². The van der Waals surface area contributed by atoms with E-state index in [4.69, 9.17) is 13.9 Å². The molecule has 5 rings (SSSR count). The summed E-state index contributed by atoms with van der Waals surface area (Å²) in [4.78, 5) is 14.6. The van der Waals surface area contributed by atoms with E-state index in [0.717, 1.165) is 53.9 Å². The summed E-state index contributed by atoms with van der Waals surface area (Å²) in [6.45, 7) is 7.06. The van der Waals surface area contributed by atoms with Crippen molar-refractivity contribution in [3.63, 3.8) is 0 Å². The molecule has 5 nitrogen and oxygen atoms in total. The Bertz CT molecular complexity index is 1130. The number of fused-ring (bicyclic) bond motifs is 2. The van der Waals surface area contributed by atoms with Crippen LogP contribution in [0.5, 0.6) is 11.5 Å². The lowest BCUT2D eigenvalue weighted by atomic mass is 10.0. The molecule has 0 N–H and O–H groups in total. The van der Waals surface area contributed by atoms with Crippen molar-refractivity contribution < 1.29 is 13.9 Å². The molecule has 1 saturated heterocycles. The molecule has 0 saturated carbocycles. The van der Waals surface area contributed by atoms with E-state index in [0.29, 0.717) is 24.8 Å². The molecular formula is C24H25NO4. The van der Waals surface area contributed by atoms with E-state index >= 15 is 0 Å². The van der Waals surface area contributed by atoms with Gasteiger partial charge in [0.2, 0.25) is 0 Å². The number of hydrogen-bond acceptors (Lipinski definition) is 5. The fourth-order valence-electron chi connectivity index (χ4n) is 4.49. The van der Waals surface area contributed by atoms with E-state index in [9.17, 15) is 4.79 Å². The van der Waals surface area contributed by atoms with Crippen molar-refractivity contribution in [3.8, 4) is 11.5 Å². The summed E-state index contributed by atoms with van der Waals surface area (Å²) in [6.07, 6.45) is 2.23. The minimum absolute atomic E-state index is 0.286. The highest BCUT2D eigenvalue weighted by atomic mass is 16.6. The lowest BCUT2D eigenvalue weighted by Gasteiger charge is -2.27. The highest BCUT2D eigenvalue weighted by molar-refractivity contribution is 5.81. The molecule has 0 unspecified atom stereocenters. The molecule has 3 aromatic rings. The molecule has 1 fully saturated rings. The Hall–Kier alpha value is -2.79. The molecule has 0 aliphatic carbocycles. The van der Waals surface area contributed by atoms with Crippen LogP contribution in [0.15, 0.2) is 45.6 Å². The Morgan fingerprint density at radius 2 is 1.79 bits per heavy atom. The van der Waals surface area contributed by atoms with E-state index in [1.165, 1.54) is 11.1 Å². The molecule has 2 aliphatic rings. The fourth-order valence-corrected chi connectivity index (χ4v) is 4.49. The number of nitrogens with zero attached hydrogens (tertiary/aromatic N) is 1. The Morgan fingerprint density at radius 3 is 2.66 bits per heavy atom. The molecule has 0 bridgehead atoms. The molecule has 1 aromatic heterocycles. The van der Waals surface area contributed by atoms with Gasteiger partial charge in [0.1, 0.15) is 18.8 Å². The van der Waals surface area contributed by atoms with Gasteiger partial charge in [0, 0.05) is 24.0 Å². The average Bonchev–Trinajstić information content (AvgIpc) is 3.17. The van der Waals surface area contributed by atoms with E-state index in [2.05, 4.69) is 30.0 Å². The zero-order chi connectivity index (χ0) is 20.0. The van der Waals surface area contributed by atoms with Crippen molar-refractivity contribution in [3.05, 3.63) is 69.1 Å². The summed E-state index contributed by atoms with van der Waals surface area (Å²) in [5.41, 5.74) is 5.00. The molecule has 5 heteroatoms. The van der Waals surface area contributed by atoms with Gasteiger partial charge in [0.25, 0.3) is 0 Å². The van der Waals surface area contributed by atoms with Crippen LogP contribution in [0, 0.1) is 13.8 Å². The molecule has 29 heavy (non-hydrogen) atoms. The SMILES string of the molecule is Cc1cc2oc(=O)cc(CN3CCC[C@H]3c3ccc4c(c3)OCCO4)c2cc1C. The van der Waals surface area contributed by atoms with Gasteiger partial charge in [-0.1, -0.05) is 6.07 Å². The van der Waals surface area contributed by atoms with Gasteiger partial charge in [-0.15, -0.1) is 0 Å². The number of aryl methyl sites for hydroxylation is 2. The Kier molecular flexibility index (Phi) is 4.55. The number of ether oxygens (including phenoxy) is 2. The van der Waals surface area contributed by atoms with Gasteiger partial charge in [-0.2, -0.15) is 0 Å². The number of benzene rings is 2. The van der Waals surface area contributed by atoms with Crippen LogP contribution in [0.1, 0.15) is 41.1 Å². The van der Waals surface area contributed by atoms with E-state index in [1.807, 2.05) is 19.1 Å². The quantitative estimate of drug-likeness (QED) is 0.615. The number of hydrogen-bond donors (Lipinski definition) is 0. The van der Waals surface area contributed by atoms with Crippen LogP contribution in [0.3, 0.4) is 0 Å². The van der Waals surface area contributed by atoms with Crippen molar-refractivity contribution in [2.24, 2.45) is 0 Å². The first kappa shape index (κ1) is 18.3. The maximum atomic E-state index is 12.2. The van der Waals surface area contributed by atoms with Gasteiger partial charge in [-0.05, 0) is 79.8 Å². The van der Waals surface area contributed by atoms with E-state index < -0.39 is 0 Å². The van der Waals surface area contributed by atoms with Crippen molar-refractivity contribution in [2.75, 3.05) is 19.8 Å². The monoisotopic (exact) mass is 391 g/mol. The fraction of sp³-hybridized carbons (Fsp3) is 0.375. The average molecular weight is 391 g/mol. The molecule has 0 amide bonds. The topological polar surface area (TPSA) is 51.9 Å². The summed E-state index contributed by atoms with van der Waals surface area (Å²) < 4.78 is 16.9. The lowest BCUT2D eigenvalue weighted by molar-refractivity contribution is 0.170. The second kappa shape index (κ2) is 7.23. The van der Waals surface area contributed by atoms with Crippen LogP contribution >= 0.6 is 0 Å². The third kappa shape index (κ3) is 3.40. The van der Waals surface area contributed by atoms with Crippen LogP contribution in [0.25, 0.3) is 11.0 Å². The molecule has 0 spiro atoms. The van der Waals surface area contributed by atoms with Crippen molar-refractivity contribution in [2.45, 2.75) is 39.3 Å². The molecule has 1 atom stereocenters. The maximum absolute atomic E-state index is 12.2. The highest BCUT2D eigenvalue weighted by Gasteiger charge is 2.28. The van der Waals surface area contributed by atoms with Crippen LogP contribution < -0.4 is 15.1 Å². The van der Waals surface area contributed by atoms with Crippen molar-refractivity contribution in [1.29, 1.82) is 0 Å². The van der Waals surface area contributed by atoms with Gasteiger partial charge in [-0.3, -0.25) is 4.90 Å². The Labute approximate surface area is 169 Å². The maximum Gasteiger partial charge on any atom is 0.336 e. The van der Waals surface area contributed by atoms with Gasteiger partial charge >= 0.3 is 5.63 Å². The van der Waals surface area contributed by atoms with Crippen LogP contribution in [-0.2, 0) is 6.54 Å². The second-order valence-electron chi connectivity index (χ2n) is 8.05. The third-order valence-corrected chi connectivity index (χ3v) is 6.13. The summed E-state index contributed by atoms with van der Waals surface area (Å²) in [5.74, 6) is 1.65. The summed E-state index contributed by atoms with van der Waals surface area (Å²) in [6, 6.07) is 12.3. The normalized spacial score (nSPS) is 19.0. The lowest BCUT2D eigenvalue weighted by Crippen LogP contribution is -2.24. The first-order valence-electron chi connectivity index (χ1n) is 10.3. The third-order valence-electron chi connectivity index (χ3n) is 6.13. The Balaban J connectivity index is 1.49. The molecule has 3 heterocycles. The smallest absolute Gasteiger partial charge is 0.336 e. The van der Waals surface area contributed by atoms with Gasteiger partial charge < -0.3 is 13.9 Å². The molecule has 2 aromatic carbocycles. The first-order chi connectivity index (χ1) is 14.1. The second-order valence-corrected chi connectivity index (χ2v) is 8.05.